The maximum atomic E-state index is 11.1. The zero-order valence-corrected chi connectivity index (χ0v) is 7.97. The molecule has 1 fully saturated rings. The molecule has 0 N–H and O–H groups in total. The van der Waals surface area contributed by atoms with Crippen LogP contribution in [0.5, 0.6) is 0 Å². The average molecular weight is 195 g/mol. The van der Waals surface area contributed by atoms with E-state index in [1.54, 1.807) is 6.92 Å². The Morgan fingerprint density at radius 3 is 2.58 bits per heavy atom. The highest BCUT2D eigenvalue weighted by Gasteiger charge is 2.72. The van der Waals surface area contributed by atoms with Gasteiger partial charge in [0.2, 0.25) is 0 Å². The monoisotopic (exact) mass is 194 g/mol. The van der Waals surface area contributed by atoms with Crippen molar-refractivity contribution in [3.05, 3.63) is 0 Å². The number of epoxide rings is 1. The van der Waals surface area contributed by atoms with Crippen molar-refractivity contribution in [2.45, 2.75) is 17.6 Å². The lowest BCUT2D eigenvalue weighted by Gasteiger charge is -2.06. The highest BCUT2D eigenvalue weighted by molar-refractivity contribution is 6.35. The molecular formula is C7H11ClO4. The third kappa shape index (κ3) is 1.20. The van der Waals surface area contributed by atoms with E-state index in [9.17, 15) is 4.79 Å². The Morgan fingerprint density at radius 2 is 2.17 bits per heavy atom. The highest BCUT2D eigenvalue weighted by Crippen LogP contribution is 2.52. The standard InChI is InChI=1S/C7H11ClO4/c1-6(4-10-2)7(8,12-6)5(9)11-3/h4H2,1-3H3. The Labute approximate surface area is 75.7 Å². The van der Waals surface area contributed by atoms with Gasteiger partial charge in [-0.1, -0.05) is 11.6 Å². The first-order valence-electron chi connectivity index (χ1n) is 3.46. The lowest BCUT2D eigenvalue weighted by Crippen LogP contribution is -2.31. The molecular weight excluding hydrogens is 184 g/mol. The first-order valence-corrected chi connectivity index (χ1v) is 3.84. The Hall–Kier alpha value is -0.320. The summed E-state index contributed by atoms with van der Waals surface area (Å²) in [4.78, 5) is 11.1. The number of hydrogen-bond acceptors (Lipinski definition) is 4. The molecule has 5 heteroatoms. The van der Waals surface area contributed by atoms with Crippen LogP contribution in [0, 0.1) is 0 Å². The zero-order valence-electron chi connectivity index (χ0n) is 7.22. The molecule has 1 rings (SSSR count). The number of carbonyl (C=O) groups is 1. The number of esters is 1. The molecule has 2 atom stereocenters. The zero-order chi connectivity index (χ0) is 9.41. The van der Waals surface area contributed by atoms with Gasteiger partial charge in [-0.2, -0.15) is 0 Å². The molecule has 0 amide bonds. The molecule has 0 radical (unpaired) electrons. The van der Waals surface area contributed by atoms with Gasteiger partial charge < -0.3 is 14.2 Å². The van der Waals surface area contributed by atoms with E-state index in [0.717, 1.165) is 0 Å². The summed E-state index contributed by atoms with van der Waals surface area (Å²) < 4.78 is 14.4. The van der Waals surface area contributed by atoms with Gasteiger partial charge in [0.25, 0.3) is 5.06 Å². The van der Waals surface area contributed by atoms with Crippen LogP contribution in [0.4, 0.5) is 0 Å². The molecule has 1 saturated heterocycles. The predicted molar refractivity (Wildman–Crippen MR) is 42.0 cm³/mol. The summed E-state index contributed by atoms with van der Waals surface area (Å²) in [5.41, 5.74) is -0.754. The third-order valence-electron chi connectivity index (χ3n) is 1.87. The van der Waals surface area contributed by atoms with Crippen LogP contribution in [0.15, 0.2) is 0 Å². The molecule has 1 aliphatic rings. The van der Waals surface area contributed by atoms with E-state index in [-0.39, 0.29) is 6.61 Å². The number of ether oxygens (including phenoxy) is 3. The van der Waals surface area contributed by atoms with Crippen molar-refractivity contribution in [2.75, 3.05) is 20.8 Å². The van der Waals surface area contributed by atoms with E-state index in [0.29, 0.717) is 0 Å². The molecule has 0 bridgehead atoms. The van der Waals surface area contributed by atoms with Gasteiger partial charge >= 0.3 is 5.97 Å². The fraction of sp³-hybridized carbons (Fsp3) is 0.857. The summed E-state index contributed by atoms with van der Waals surface area (Å²) in [6.45, 7) is 1.96. The Balaban J connectivity index is 2.62. The molecule has 0 aromatic heterocycles. The molecule has 2 unspecified atom stereocenters. The van der Waals surface area contributed by atoms with Crippen LogP contribution in [0.2, 0.25) is 0 Å². The van der Waals surface area contributed by atoms with E-state index in [1.807, 2.05) is 0 Å². The van der Waals surface area contributed by atoms with Crippen molar-refractivity contribution in [3.63, 3.8) is 0 Å². The second kappa shape index (κ2) is 2.87. The van der Waals surface area contributed by atoms with Gasteiger partial charge in [-0.15, -0.1) is 0 Å². The van der Waals surface area contributed by atoms with E-state index in [1.165, 1.54) is 14.2 Å². The fourth-order valence-corrected chi connectivity index (χ4v) is 1.37. The van der Waals surface area contributed by atoms with Crippen LogP contribution in [-0.2, 0) is 19.0 Å². The topological polar surface area (TPSA) is 48.1 Å². The first kappa shape index (κ1) is 9.77. The normalized spacial score (nSPS) is 39.3. The van der Waals surface area contributed by atoms with Crippen LogP contribution in [-0.4, -0.2) is 37.5 Å². The number of methoxy groups -OCH3 is 2. The molecule has 0 aliphatic carbocycles. The van der Waals surface area contributed by atoms with E-state index in [2.05, 4.69) is 4.74 Å². The van der Waals surface area contributed by atoms with Crippen LogP contribution >= 0.6 is 11.6 Å². The molecule has 0 aromatic rings. The summed E-state index contributed by atoms with van der Waals surface area (Å²) in [6.07, 6.45) is 0. The van der Waals surface area contributed by atoms with Crippen LogP contribution in [0.25, 0.3) is 0 Å². The largest absolute Gasteiger partial charge is 0.466 e. The number of halogens is 1. The van der Waals surface area contributed by atoms with Gasteiger partial charge in [0.15, 0.2) is 0 Å². The molecule has 1 aliphatic heterocycles. The Kier molecular flexibility index (Phi) is 2.33. The average Bonchev–Trinajstić information content (AvgIpc) is 2.55. The molecule has 0 aromatic carbocycles. The molecule has 4 nitrogen and oxygen atoms in total. The minimum Gasteiger partial charge on any atom is -0.466 e. The lowest BCUT2D eigenvalue weighted by molar-refractivity contribution is -0.143. The number of rotatable bonds is 3. The highest BCUT2D eigenvalue weighted by atomic mass is 35.5. The molecule has 0 saturated carbocycles. The van der Waals surface area contributed by atoms with E-state index < -0.39 is 16.6 Å². The second-order valence-electron chi connectivity index (χ2n) is 2.85. The third-order valence-corrected chi connectivity index (χ3v) is 2.50. The SMILES string of the molecule is COCC1(C)OC1(Cl)C(=O)OC. The smallest absolute Gasteiger partial charge is 0.357 e. The van der Waals surface area contributed by atoms with Gasteiger partial charge in [0.1, 0.15) is 5.60 Å². The van der Waals surface area contributed by atoms with Crippen LogP contribution in [0.3, 0.4) is 0 Å². The second-order valence-corrected chi connectivity index (χ2v) is 3.39. The first-order chi connectivity index (χ1) is 5.50. The summed E-state index contributed by atoms with van der Waals surface area (Å²) in [5, 5.41) is -1.35. The quantitative estimate of drug-likeness (QED) is 0.374. The number of alkyl halides is 1. The molecule has 0 spiro atoms. The number of carbonyl (C=O) groups excluding carboxylic acids is 1. The maximum absolute atomic E-state index is 11.1. The summed E-state index contributed by atoms with van der Waals surface area (Å²) in [7, 11) is 2.78. The predicted octanol–water partition coefficient (Wildman–Crippen LogP) is 0.530. The molecule has 12 heavy (non-hydrogen) atoms. The summed E-state index contributed by atoms with van der Waals surface area (Å²) in [5.74, 6) is -0.580. The number of hydrogen-bond donors (Lipinski definition) is 0. The fourth-order valence-electron chi connectivity index (χ4n) is 1.07. The van der Waals surface area contributed by atoms with Crippen molar-refractivity contribution in [2.24, 2.45) is 0 Å². The molecule has 1 heterocycles. The van der Waals surface area contributed by atoms with Gasteiger partial charge in [0, 0.05) is 7.11 Å². The maximum Gasteiger partial charge on any atom is 0.357 e. The van der Waals surface area contributed by atoms with Crippen molar-refractivity contribution in [1.82, 2.24) is 0 Å². The molecule has 70 valence electrons. The van der Waals surface area contributed by atoms with Gasteiger partial charge in [-0.05, 0) is 6.92 Å². The van der Waals surface area contributed by atoms with Gasteiger partial charge in [-0.3, -0.25) is 0 Å². The van der Waals surface area contributed by atoms with Crippen molar-refractivity contribution in [1.29, 1.82) is 0 Å². The van der Waals surface area contributed by atoms with Crippen molar-refractivity contribution < 1.29 is 19.0 Å². The summed E-state index contributed by atoms with van der Waals surface area (Å²) in [6, 6.07) is 0. The Bertz CT molecular complexity index is 208. The minimum atomic E-state index is -1.35. The lowest BCUT2D eigenvalue weighted by atomic mass is 10.1. The summed E-state index contributed by atoms with van der Waals surface area (Å²) >= 11 is 5.80. The van der Waals surface area contributed by atoms with Crippen LogP contribution < -0.4 is 0 Å². The van der Waals surface area contributed by atoms with Crippen LogP contribution in [0.1, 0.15) is 6.92 Å². The van der Waals surface area contributed by atoms with Gasteiger partial charge in [-0.25, -0.2) is 4.79 Å². The van der Waals surface area contributed by atoms with Gasteiger partial charge in [0.05, 0.1) is 13.7 Å². The van der Waals surface area contributed by atoms with E-state index >= 15 is 0 Å². The van der Waals surface area contributed by atoms with E-state index in [4.69, 9.17) is 21.1 Å². The Morgan fingerprint density at radius 1 is 1.58 bits per heavy atom. The van der Waals surface area contributed by atoms with Crippen molar-refractivity contribution >= 4 is 17.6 Å². The van der Waals surface area contributed by atoms with Crippen molar-refractivity contribution in [3.8, 4) is 0 Å². The minimum absolute atomic E-state index is 0.269.